The number of ether oxygens (including phenoxy) is 2. The van der Waals surface area contributed by atoms with Crippen LogP contribution in [-0.2, 0) is 9.47 Å². The molecule has 3 heteroatoms. The quantitative estimate of drug-likeness (QED) is 0.633. The van der Waals surface area contributed by atoms with Gasteiger partial charge in [-0.15, -0.1) is 0 Å². The summed E-state index contributed by atoms with van der Waals surface area (Å²) >= 11 is 0. The molecule has 0 aromatic rings. The normalized spacial score (nSPS) is 27.6. The topological polar surface area (TPSA) is 38.7 Å². The molecule has 2 rings (SSSR count). The summed E-state index contributed by atoms with van der Waals surface area (Å²) in [5, 5.41) is 8.83. The second-order valence-corrected chi connectivity index (χ2v) is 2.95. The van der Waals surface area contributed by atoms with Gasteiger partial charge in [-0.3, -0.25) is 0 Å². The molecule has 1 N–H and O–H groups in total. The van der Waals surface area contributed by atoms with E-state index in [0.717, 1.165) is 24.4 Å². The van der Waals surface area contributed by atoms with Crippen molar-refractivity contribution in [1.29, 1.82) is 0 Å². The smallest absolute Gasteiger partial charge is 0.157 e. The first kappa shape index (κ1) is 7.68. The molecule has 1 unspecified atom stereocenters. The van der Waals surface area contributed by atoms with E-state index in [1.807, 2.05) is 12.2 Å². The van der Waals surface area contributed by atoms with Crippen LogP contribution in [0, 0.1) is 0 Å². The third-order valence-electron chi connectivity index (χ3n) is 1.99. The Bertz CT molecular complexity index is 230. The first-order valence-corrected chi connectivity index (χ1v) is 4.21. The van der Waals surface area contributed by atoms with Crippen LogP contribution in [0.25, 0.3) is 0 Å². The lowest BCUT2D eigenvalue weighted by molar-refractivity contribution is -0.0353. The minimum atomic E-state index is -0.188. The Hall–Kier alpha value is -0.960. The van der Waals surface area contributed by atoms with Crippen LogP contribution in [0.4, 0.5) is 0 Å². The van der Waals surface area contributed by atoms with Crippen molar-refractivity contribution in [3.05, 3.63) is 23.7 Å². The van der Waals surface area contributed by atoms with Crippen molar-refractivity contribution < 1.29 is 14.6 Å². The van der Waals surface area contributed by atoms with E-state index in [9.17, 15) is 0 Å². The van der Waals surface area contributed by atoms with Gasteiger partial charge in [-0.25, -0.2) is 0 Å². The highest BCUT2D eigenvalue weighted by Gasteiger charge is 2.23. The van der Waals surface area contributed by atoms with E-state index in [1.165, 1.54) is 0 Å². The number of allylic oxidation sites excluding steroid dienone is 2. The third-order valence-corrected chi connectivity index (χ3v) is 1.99. The Morgan fingerprint density at radius 3 is 2.83 bits per heavy atom. The summed E-state index contributed by atoms with van der Waals surface area (Å²) < 4.78 is 10.9. The van der Waals surface area contributed by atoms with Gasteiger partial charge >= 0.3 is 0 Å². The molecule has 1 fully saturated rings. The van der Waals surface area contributed by atoms with E-state index in [4.69, 9.17) is 14.6 Å². The fourth-order valence-corrected chi connectivity index (χ4v) is 1.35. The largest absolute Gasteiger partial charge is 0.486 e. The van der Waals surface area contributed by atoms with Crippen LogP contribution in [0.2, 0.25) is 0 Å². The second-order valence-electron chi connectivity index (χ2n) is 2.95. The summed E-state index contributed by atoms with van der Waals surface area (Å²) in [6.07, 6.45) is 5.87. The molecule has 0 aromatic heterocycles. The maximum atomic E-state index is 8.83. The van der Waals surface area contributed by atoms with Gasteiger partial charge in [-0.05, 0) is 25.0 Å². The van der Waals surface area contributed by atoms with E-state index < -0.39 is 0 Å². The minimum Gasteiger partial charge on any atom is -0.486 e. The number of fused-ring (bicyclic) bond motifs is 1. The van der Waals surface area contributed by atoms with Gasteiger partial charge < -0.3 is 14.6 Å². The van der Waals surface area contributed by atoms with Gasteiger partial charge in [0, 0.05) is 0 Å². The molecular formula is C9H12O3. The molecule has 66 valence electrons. The van der Waals surface area contributed by atoms with Crippen molar-refractivity contribution in [2.24, 2.45) is 0 Å². The Balaban J connectivity index is 2.09. The van der Waals surface area contributed by atoms with Crippen LogP contribution < -0.4 is 0 Å². The highest BCUT2D eigenvalue weighted by Crippen LogP contribution is 2.26. The van der Waals surface area contributed by atoms with Gasteiger partial charge in [-0.2, -0.15) is 0 Å². The van der Waals surface area contributed by atoms with Gasteiger partial charge in [0.1, 0.15) is 6.61 Å². The molecule has 1 heterocycles. The highest BCUT2D eigenvalue weighted by atomic mass is 16.6. The zero-order valence-corrected chi connectivity index (χ0v) is 6.82. The van der Waals surface area contributed by atoms with Gasteiger partial charge in [0.15, 0.2) is 17.6 Å². The Morgan fingerprint density at radius 1 is 1.33 bits per heavy atom. The van der Waals surface area contributed by atoms with Crippen LogP contribution in [0.1, 0.15) is 12.8 Å². The number of hydrogen-bond donors (Lipinski definition) is 1. The molecule has 0 aromatic carbocycles. The lowest BCUT2D eigenvalue weighted by Crippen LogP contribution is -2.29. The van der Waals surface area contributed by atoms with Crippen molar-refractivity contribution >= 4 is 0 Å². The van der Waals surface area contributed by atoms with Crippen LogP contribution >= 0.6 is 0 Å². The summed E-state index contributed by atoms with van der Waals surface area (Å²) in [5.41, 5.74) is 0. The van der Waals surface area contributed by atoms with Crippen molar-refractivity contribution in [3.63, 3.8) is 0 Å². The number of hydrogen-bond acceptors (Lipinski definition) is 3. The number of aliphatic hydroxyl groups is 1. The molecule has 1 aliphatic carbocycles. The maximum Gasteiger partial charge on any atom is 0.157 e. The predicted octanol–water partition coefficient (Wildman–Crippen LogP) is 0.956. The Labute approximate surface area is 71.3 Å². The average Bonchev–Trinajstić information content (AvgIpc) is 2.17. The Kier molecular flexibility index (Phi) is 2.04. The molecule has 12 heavy (non-hydrogen) atoms. The predicted molar refractivity (Wildman–Crippen MR) is 43.3 cm³/mol. The summed E-state index contributed by atoms with van der Waals surface area (Å²) in [6.45, 7) is 0.476. The maximum absolute atomic E-state index is 8.83. The summed E-state index contributed by atoms with van der Waals surface area (Å²) in [5.74, 6) is 1.64. The molecule has 0 spiro atoms. The van der Waals surface area contributed by atoms with E-state index in [2.05, 4.69) is 0 Å². The van der Waals surface area contributed by atoms with Gasteiger partial charge in [0.05, 0.1) is 6.61 Å². The van der Waals surface area contributed by atoms with Gasteiger partial charge in [-0.1, -0.05) is 0 Å². The summed E-state index contributed by atoms with van der Waals surface area (Å²) in [7, 11) is 0. The van der Waals surface area contributed by atoms with E-state index in [1.54, 1.807) is 0 Å². The van der Waals surface area contributed by atoms with Crippen molar-refractivity contribution in [3.8, 4) is 0 Å². The summed E-state index contributed by atoms with van der Waals surface area (Å²) in [4.78, 5) is 0. The molecule has 2 aliphatic rings. The van der Waals surface area contributed by atoms with Crippen molar-refractivity contribution in [1.82, 2.24) is 0 Å². The number of rotatable bonds is 1. The average molecular weight is 168 g/mol. The molecule has 3 nitrogen and oxygen atoms in total. The zero-order chi connectivity index (χ0) is 8.39. The molecule has 1 aliphatic heterocycles. The lowest BCUT2D eigenvalue weighted by Gasteiger charge is -2.28. The molecule has 1 atom stereocenters. The van der Waals surface area contributed by atoms with E-state index >= 15 is 0 Å². The lowest BCUT2D eigenvalue weighted by atomic mass is 10.1. The summed E-state index contributed by atoms with van der Waals surface area (Å²) in [6, 6.07) is 0. The Morgan fingerprint density at radius 2 is 2.08 bits per heavy atom. The second kappa shape index (κ2) is 3.19. The van der Waals surface area contributed by atoms with Crippen molar-refractivity contribution in [2.75, 3.05) is 13.2 Å². The first-order chi connectivity index (χ1) is 5.90. The van der Waals surface area contributed by atoms with Crippen molar-refractivity contribution in [2.45, 2.75) is 18.9 Å². The molecule has 0 amide bonds. The third kappa shape index (κ3) is 1.32. The van der Waals surface area contributed by atoms with Crippen LogP contribution in [0.15, 0.2) is 23.7 Å². The first-order valence-electron chi connectivity index (χ1n) is 4.21. The zero-order valence-electron chi connectivity index (χ0n) is 6.82. The molecular weight excluding hydrogens is 156 g/mol. The van der Waals surface area contributed by atoms with Crippen LogP contribution in [0.3, 0.4) is 0 Å². The molecule has 0 bridgehead atoms. The minimum absolute atomic E-state index is 0.0185. The standard InChI is InChI=1S/C9H12O3/c10-5-7-6-11-8-3-1-2-4-9(8)12-7/h3-4,7,10H,1-2,5-6H2. The fraction of sp³-hybridized carbons (Fsp3) is 0.556. The molecule has 0 saturated carbocycles. The molecule has 0 radical (unpaired) electrons. The van der Waals surface area contributed by atoms with Gasteiger partial charge in [0.2, 0.25) is 0 Å². The van der Waals surface area contributed by atoms with Crippen LogP contribution in [-0.4, -0.2) is 24.4 Å². The monoisotopic (exact) mass is 168 g/mol. The van der Waals surface area contributed by atoms with E-state index in [-0.39, 0.29) is 12.7 Å². The van der Waals surface area contributed by atoms with Crippen LogP contribution in [0.5, 0.6) is 0 Å². The molecule has 1 saturated heterocycles. The number of aliphatic hydroxyl groups excluding tert-OH is 1. The highest BCUT2D eigenvalue weighted by molar-refractivity contribution is 5.25. The SMILES string of the molecule is OCC1COC2=CCCC=C2O1. The van der Waals surface area contributed by atoms with E-state index in [0.29, 0.717) is 6.61 Å². The fourth-order valence-electron chi connectivity index (χ4n) is 1.35. The van der Waals surface area contributed by atoms with Gasteiger partial charge in [0.25, 0.3) is 0 Å².